The summed E-state index contributed by atoms with van der Waals surface area (Å²) < 4.78 is 41.2. The van der Waals surface area contributed by atoms with Gasteiger partial charge in [0.1, 0.15) is 5.82 Å². The zero-order valence-electron chi connectivity index (χ0n) is 15.9. The van der Waals surface area contributed by atoms with Gasteiger partial charge in [0.2, 0.25) is 0 Å². The van der Waals surface area contributed by atoms with Crippen LogP contribution in [0.5, 0.6) is 0 Å². The third kappa shape index (κ3) is 4.72. The van der Waals surface area contributed by atoms with E-state index in [1.165, 1.54) is 66.7 Å². The third-order valence-corrected chi connectivity index (χ3v) is 6.25. The molecule has 1 N–H and O–H groups in total. The Morgan fingerprint density at radius 1 is 1.10 bits per heavy atom. The van der Waals surface area contributed by atoms with Gasteiger partial charge in [0.25, 0.3) is 15.9 Å². The summed E-state index contributed by atoms with van der Waals surface area (Å²) >= 11 is 11.9. The molecule has 1 amide bonds. The summed E-state index contributed by atoms with van der Waals surface area (Å²) in [4.78, 5) is 18.2. The molecular formula is C20H16Cl2FN3O3S. The van der Waals surface area contributed by atoms with Crippen LogP contribution in [0.3, 0.4) is 0 Å². The Hall–Kier alpha value is -2.68. The van der Waals surface area contributed by atoms with Crippen molar-refractivity contribution in [3.8, 4) is 0 Å². The Labute approximate surface area is 183 Å². The van der Waals surface area contributed by atoms with Gasteiger partial charge in [-0.25, -0.2) is 17.8 Å². The molecule has 0 unspecified atom stereocenters. The number of nitrogens with zero attached hydrogens (tertiary/aromatic N) is 2. The average molecular weight is 468 g/mol. The number of rotatable bonds is 5. The number of carbonyl (C=O) groups excluding carboxylic acids is 1. The standard InChI is InChI=1S/C20H16Cl2FN3O3S/c1-12-9-16(7-8-17(12)22)30(28,29)25-18-10-13(21)11-24-19(18)20(27)26(2)15-5-3-14(23)4-6-15/h3-11,25H,1-2H3. The summed E-state index contributed by atoms with van der Waals surface area (Å²) in [7, 11) is -2.58. The quantitative estimate of drug-likeness (QED) is 0.577. The normalized spacial score (nSPS) is 11.2. The number of hydrogen-bond donors (Lipinski definition) is 1. The van der Waals surface area contributed by atoms with Crippen LogP contribution >= 0.6 is 23.2 Å². The van der Waals surface area contributed by atoms with E-state index < -0.39 is 21.7 Å². The molecule has 0 radical (unpaired) electrons. The number of hydrogen-bond acceptors (Lipinski definition) is 4. The average Bonchev–Trinajstić information content (AvgIpc) is 2.69. The second kappa shape index (κ2) is 8.59. The molecular weight excluding hydrogens is 452 g/mol. The monoisotopic (exact) mass is 467 g/mol. The van der Waals surface area contributed by atoms with E-state index in [4.69, 9.17) is 23.2 Å². The van der Waals surface area contributed by atoms with Crippen LogP contribution in [0.1, 0.15) is 16.1 Å². The van der Waals surface area contributed by atoms with E-state index in [9.17, 15) is 17.6 Å². The van der Waals surface area contributed by atoms with Gasteiger partial charge in [0, 0.05) is 24.0 Å². The van der Waals surface area contributed by atoms with Crippen LogP contribution in [0.2, 0.25) is 10.0 Å². The molecule has 0 aliphatic heterocycles. The molecule has 0 atom stereocenters. The van der Waals surface area contributed by atoms with Crippen molar-refractivity contribution >= 4 is 50.5 Å². The minimum Gasteiger partial charge on any atom is -0.310 e. The Kier molecular flexibility index (Phi) is 6.30. The lowest BCUT2D eigenvalue weighted by Crippen LogP contribution is -2.28. The van der Waals surface area contributed by atoms with Gasteiger partial charge < -0.3 is 4.90 Å². The van der Waals surface area contributed by atoms with Crippen molar-refractivity contribution in [2.24, 2.45) is 0 Å². The van der Waals surface area contributed by atoms with Crippen molar-refractivity contribution in [2.45, 2.75) is 11.8 Å². The molecule has 30 heavy (non-hydrogen) atoms. The van der Waals surface area contributed by atoms with E-state index >= 15 is 0 Å². The van der Waals surface area contributed by atoms with Gasteiger partial charge >= 0.3 is 0 Å². The van der Waals surface area contributed by atoms with Gasteiger partial charge in [0.15, 0.2) is 5.69 Å². The topological polar surface area (TPSA) is 79.4 Å². The van der Waals surface area contributed by atoms with Crippen molar-refractivity contribution in [3.05, 3.63) is 81.8 Å². The SMILES string of the molecule is Cc1cc(S(=O)(=O)Nc2cc(Cl)cnc2C(=O)N(C)c2ccc(F)cc2)ccc1Cl. The van der Waals surface area contributed by atoms with E-state index in [-0.39, 0.29) is 21.3 Å². The molecule has 1 aromatic heterocycles. The molecule has 0 fully saturated rings. The summed E-state index contributed by atoms with van der Waals surface area (Å²) in [6.07, 6.45) is 1.23. The summed E-state index contributed by atoms with van der Waals surface area (Å²) in [6.45, 7) is 1.68. The molecule has 6 nitrogen and oxygen atoms in total. The molecule has 2 aromatic carbocycles. The molecule has 0 bridgehead atoms. The summed E-state index contributed by atoms with van der Waals surface area (Å²) in [6, 6.07) is 10.8. The minimum atomic E-state index is -4.05. The largest absolute Gasteiger partial charge is 0.310 e. The van der Waals surface area contributed by atoms with Crippen molar-refractivity contribution in [1.29, 1.82) is 0 Å². The molecule has 10 heteroatoms. The minimum absolute atomic E-state index is 0.0327. The Morgan fingerprint density at radius 2 is 1.77 bits per heavy atom. The molecule has 0 spiro atoms. The van der Waals surface area contributed by atoms with Crippen LogP contribution in [-0.2, 0) is 10.0 Å². The first-order valence-electron chi connectivity index (χ1n) is 8.56. The molecule has 0 aliphatic rings. The molecule has 0 saturated carbocycles. The summed E-state index contributed by atoms with van der Waals surface area (Å²) in [5.74, 6) is -1.06. The van der Waals surface area contributed by atoms with Gasteiger partial charge in [-0.15, -0.1) is 0 Å². The zero-order valence-corrected chi connectivity index (χ0v) is 18.2. The highest BCUT2D eigenvalue weighted by atomic mass is 35.5. The summed E-state index contributed by atoms with van der Waals surface area (Å²) in [5.41, 5.74) is 0.728. The maximum atomic E-state index is 13.2. The molecule has 3 rings (SSSR count). The number of nitrogens with one attached hydrogen (secondary N) is 1. The second-order valence-corrected chi connectivity index (χ2v) is 8.93. The molecule has 156 valence electrons. The van der Waals surface area contributed by atoms with Crippen LogP contribution in [0, 0.1) is 12.7 Å². The van der Waals surface area contributed by atoms with Gasteiger partial charge in [-0.3, -0.25) is 9.52 Å². The van der Waals surface area contributed by atoms with Crippen LogP contribution < -0.4 is 9.62 Å². The fraction of sp³-hybridized carbons (Fsp3) is 0.100. The maximum Gasteiger partial charge on any atom is 0.278 e. The number of halogens is 3. The highest BCUT2D eigenvalue weighted by Crippen LogP contribution is 2.26. The number of anilines is 2. The lowest BCUT2D eigenvalue weighted by molar-refractivity contribution is 0.0989. The number of benzene rings is 2. The van der Waals surface area contributed by atoms with Crippen molar-refractivity contribution in [3.63, 3.8) is 0 Å². The first-order valence-corrected chi connectivity index (χ1v) is 10.8. The van der Waals surface area contributed by atoms with Crippen molar-refractivity contribution < 1.29 is 17.6 Å². The molecule has 3 aromatic rings. The smallest absolute Gasteiger partial charge is 0.278 e. The van der Waals surface area contributed by atoms with Gasteiger partial charge in [-0.2, -0.15) is 0 Å². The van der Waals surface area contributed by atoms with Crippen LogP contribution in [0.25, 0.3) is 0 Å². The zero-order chi connectivity index (χ0) is 22.1. The molecule has 0 saturated heterocycles. The highest BCUT2D eigenvalue weighted by Gasteiger charge is 2.23. The van der Waals surface area contributed by atoms with Crippen LogP contribution in [-0.4, -0.2) is 26.4 Å². The lowest BCUT2D eigenvalue weighted by Gasteiger charge is -2.19. The first-order chi connectivity index (χ1) is 14.1. The van der Waals surface area contributed by atoms with E-state index in [0.29, 0.717) is 16.3 Å². The number of carbonyl (C=O) groups is 1. The molecule has 0 aliphatic carbocycles. The number of pyridine rings is 1. The maximum absolute atomic E-state index is 13.2. The first kappa shape index (κ1) is 22.0. The van der Waals surface area contributed by atoms with E-state index in [0.717, 1.165) is 0 Å². The van der Waals surface area contributed by atoms with E-state index in [1.807, 2.05) is 0 Å². The van der Waals surface area contributed by atoms with E-state index in [2.05, 4.69) is 9.71 Å². The van der Waals surface area contributed by atoms with Crippen LogP contribution in [0.15, 0.2) is 59.6 Å². The Bertz CT molecular complexity index is 1220. The van der Waals surface area contributed by atoms with Gasteiger partial charge in [-0.05, 0) is 61.0 Å². The van der Waals surface area contributed by atoms with Gasteiger partial charge in [0.05, 0.1) is 15.6 Å². The highest BCUT2D eigenvalue weighted by molar-refractivity contribution is 7.92. The second-order valence-electron chi connectivity index (χ2n) is 6.41. The Morgan fingerprint density at radius 3 is 2.40 bits per heavy atom. The number of aromatic nitrogens is 1. The van der Waals surface area contributed by atoms with Crippen LogP contribution in [0.4, 0.5) is 15.8 Å². The van der Waals surface area contributed by atoms with Crippen molar-refractivity contribution in [2.75, 3.05) is 16.7 Å². The predicted octanol–water partition coefficient (Wildman–Crippen LogP) is 4.91. The Balaban J connectivity index is 1.98. The number of amides is 1. The summed E-state index contributed by atoms with van der Waals surface area (Å²) in [5, 5.41) is 0.566. The van der Waals surface area contributed by atoms with E-state index in [1.54, 1.807) is 6.92 Å². The fourth-order valence-corrected chi connectivity index (χ4v) is 4.03. The predicted molar refractivity (Wildman–Crippen MR) is 115 cm³/mol. The van der Waals surface area contributed by atoms with Gasteiger partial charge in [-0.1, -0.05) is 23.2 Å². The third-order valence-electron chi connectivity index (χ3n) is 4.26. The number of sulfonamides is 1. The number of aryl methyl sites for hydroxylation is 1. The molecule has 1 heterocycles. The lowest BCUT2D eigenvalue weighted by atomic mass is 10.2. The van der Waals surface area contributed by atoms with Crippen molar-refractivity contribution in [1.82, 2.24) is 4.98 Å². The fourth-order valence-electron chi connectivity index (χ4n) is 2.62.